The van der Waals surface area contributed by atoms with Gasteiger partial charge in [0.1, 0.15) is 10.6 Å². The summed E-state index contributed by atoms with van der Waals surface area (Å²) in [5.41, 5.74) is 1.73. The van der Waals surface area contributed by atoms with Crippen LogP contribution in [0, 0.1) is 6.92 Å². The molecule has 0 bridgehead atoms. The van der Waals surface area contributed by atoms with E-state index in [1.54, 1.807) is 38.3 Å². The number of ether oxygens (including phenoxy) is 1. The summed E-state index contributed by atoms with van der Waals surface area (Å²) in [6.45, 7) is 4.74. The van der Waals surface area contributed by atoms with Crippen molar-refractivity contribution in [2.45, 2.75) is 26.8 Å². The highest BCUT2D eigenvalue weighted by Gasteiger charge is 2.16. The Morgan fingerprint density at radius 3 is 2.57 bits per heavy atom. The van der Waals surface area contributed by atoms with Gasteiger partial charge in [0.15, 0.2) is 0 Å². The van der Waals surface area contributed by atoms with E-state index < -0.39 is 10.0 Å². The molecular weight excluding hydrogens is 396 g/mol. The maximum absolute atomic E-state index is 12.8. The molecule has 0 aliphatic heterocycles. The Morgan fingerprint density at radius 1 is 1.21 bits per heavy atom. The molecule has 0 radical (unpaired) electrons. The summed E-state index contributed by atoms with van der Waals surface area (Å²) < 4.78 is 32.9. The number of thiophene rings is 1. The highest BCUT2D eigenvalue weighted by Crippen LogP contribution is 2.31. The molecule has 3 aromatic rings. The minimum atomic E-state index is -3.17. The molecule has 2 heterocycles. The van der Waals surface area contributed by atoms with Gasteiger partial charge in [0.2, 0.25) is 15.8 Å². The first-order chi connectivity index (χ1) is 13.3. The van der Waals surface area contributed by atoms with Crippen molar-refractivity contribution in [2.75, 3.05) is 19.4 Å². The second kappa shape index (κ2) is 8.46. The standard InChI is InChI=1S/C20H24N2O4S2/c1-4-28(24,25)21-10-5-11-22-14(2)12-16-13-18(27-20(16)22)19(23)15-6-8-17(26-3)9-7-15/h6-9,12-13,21H,4-5,10-11H2,1-3H3. The predicted octanol–water partition coefficient (Wildman–Crippen LogP) is 3.58. The summed E-state index contributed by atoms with van der Waals surface area (Å²) in [4.78, 5) is 14.5. The van der Waals surface area contributed by atoms with Crippen molar-refractivity contribution in [2.24, 2.45) is 0 Å². The molecule has 0 fully saturated rings. The van der Waals surface area contributed by atoms with Gasteiger partial charge in [0.25, 0.3) is 0 Å². The number of nitrogens with zero attached hydrogens (tertiary/aromatic N) is 1. The second-order valence-electron chi connectivity index (χ2n) is 6.52. The third-order valence-corrected chi connectivity index (χ3v) is 7.19. The summed E-state index contributed by atoms with van der Waals surface area (Å²) in [7, 11) is -1.57. The molecule has 0 saturated carbocycles. The average Bonchev–Trinajstić information content (AvgIpc) is 3.22. The van der Waals surface area contributed by atoms with Gasteiger partial charge in [-0.25, -0.2) is 13.1 Å². The van der Waals surface area contributed by atoms with Crippen LogP contribution < -0.4 is 9.46 Å². The molecule has 8 heteroatoms. The minimum Gasteiger partial charge on any atom is -0.497 e. The van der Waals surface area contributed by atoms with Crippen LogP contribution in [0.25, 0.3) is 10.2 Å². The fourth-order valence-electron chi connectivity index (χ4n) is 3.01. The quantitative estimate of drug-likeness (QED) is 0.424. The van der Waals surface area contributed by atoms with Crippen LogP contribution in [-0.2, 0) is 16.6 Å². The van der Waals surface area contributed by atoms with E-state index in [9.17, 15) is 13.2 Å². The molecule has 1 aromatic carbocycles. The Hall–Kier alpha value is -2.16. The van der Waals surface area contributed by atoms with E-state index in [1.165, 1.54) is 11.3 Å². The number of hydrogen-bond acceptors (Lipinski definition) is 5. The van der Waals surface area contributed by atoms with Gasteiger partial charge in [-0.15, -0.1) is 11.3 Å². The lowest BCUT2D eigenvalue weighted by molar-refractivity contribution is 0.104. The van der Waals surface area contributed by atoms with E-state index in [1.807, 2.05) is 13.0 Å². The number of aromatic nitrogens is 1. The van der Waals surface area contributed by atoms with Gasteiger partial charge in [-0.3, -0.25) is 4.79 Å². The van der Waals surface area contributed by atoms with Crippen LogP contribution >= 0.6 is 11.3 Å². The van der Waals surface area contributed by atoms with Crippen LogP contribution in [0.15, 0.2) is 36.4 Å². The van der Waals surface area contributed by atoms with Crippen molar-refractivity contribution in [1.29, 1.82) is 0 Å². The van der Waals surface area contributed by atoms with Crippen LogP contribution in [0.5, 0.6) is 5.75 Å². The molecule has 150 valence electrons. The fraction of sp³-hybridized carbons (Fsp3) is 0.350. The molecule has 28 heavy (non-hydrogen) atoms. The normalized spacial score (nSPS) is 11.8. The number of ketones is 1. The van der Waals surface area contributed by atoms with Crippen LogP contribution in [0.4, 0.5) is 0 Å². The topological polar surface area (TPSA) is 77.4 Å². The average molecular weight is 421 g/mol. The molecule has 0 saturated heterocycles. The molecule has 0 atom stereocenters. The van der Waals surface area contributed by atoms with Gasteiger partial charge in [-0.2, -0.15) is 0 Å². The SMILES string of the molecule is CCS(=O)(=O)NCCCn1c(C)cc2cc(C(=O)c3ccc(OC)cc3)sc21. The number of nitrogens with one attached hydrogen (secondary N) is 1. The third kappa shape index (κ3) is 4.45. The summed E-state index contributed by atoms with van der Waals surface area (Å²) in [6, 6.07) is 11.1. The lowest BCUT2D eigenvalue weighted by atomic mass is 10.1. The van der Waals surface area contributed by atoms with E-state index in [0.29, 0.717) is 35.7 Å². The maximum Gasteiger partial charge on any atom is 0.211 e. The summed E-state index contributed by atoms with van der Waals surface area (Å²) >= 11 is 1.47. The molecule has 0 amide bonds. The van der Waals surface area contributed by atoms with Crippen molar-refractivity contribution in [3.8, 4) is 5.75 Å². The van der Waals surface area contributed by atoms with E-state index in [2.05, 4.69) is 15.4 Å². The molecular formula is C20H24N2O4S2. The van der Waals surface area contributed by atoms with Gasteiger partial charge in [-0.05, 0) is 56.7 Å². The Bertz CT molecular complexity index is 1080. The zero-order valence-electron chi connectivity index (χ0n) is 16.2. The Kier molecular flexibility index (Phi) is 6.22. The first-order valence-corrected chi connectivity index (χ1v) is 11.6. The smallest absolute Gasteiger partial charge is 0.211 e. The number of carbonyl (C=O) groups is 1. The monoisotopic (exact) mass is 420 g/mol. The summed E-state index contributed by atoms with van der Waals surface area (Å²) in [5.74, 6) is 0.791. The van der Waals surface area contributed by atoms with Crippen molar-refractivity contribution in [1.82, 2.24) is 9.29 Å². The highest BCUT2D eigenvalue weighted by atomic mass is 32.2. The number of hydrogen-bond donors (Lipinski definition) is 1. The van der Waals surface area contributed by atoms with Gasteiger partial charge >= 0.3 is 0 Å². The highest BCUT2D eigenvalue weighted by molar-refractivity contribution is 7.89. The van der Waals surface area contributed by atoms with Gasteiger partial charge in [0.05, 0.1) is 17.7 Å². The van der Waals surface area contributed by atoms with Gasteiger partial charge in [-0.1, -0.05) is 0 Å². The zero-order chi connectivity index (χ0) is 20.3. The van der Waals surface area contributed by atoms with Crippen molar-refractivity contribution >= 4 is 37.4 Å². The van der Waals surface area contributed by atoms with E-state index in [-0.39, 0.29) is 11.5 Å². The van der Waals surface area contributed by atoms with Crippen LogP contribution in [-0.4, -0.2) is 38.2 Å². The summed E-state index contributed by atoms with van der Waals surface area (Å²) in [6.07, 6.45) is 0.684. The maximum atomic E-state index is 12.8. The van der Waals surface area contributed by atoms with Gasteiger partial charge in [0, 0.05) is 29.7 Å². The number of aryl methyl sites for hydroxylation is 2. The number of methoxy groups -OCH3 is 1. The Labute approximate surface area is 169 Å². The molecule has 0 aliphatic rings. The lowest BCUT2D eigenvalue weighted by Crippen LogP contribution is -2.26. The second-order valence-corrected chi connectivity index (χ2v) is 9.64. The van der Waals surface area contributed by atoms with Crippen LogP contribution in [0.3, 0.4) is 0 Å². The number of rotatable bonds is 9. The summed E-state index contributed by atoms with van der Waals surface area (Å²) in [5, 5.41) is 1.04. The Morgan fingerprint density at radius 2 is 1.93 bits per heavy atom. The number of sulfonamides is 1. The molecule has 0 unspecified atom stereocenters. The van der Waals surface area contributed by atoms with Crippen LogP contribution in [0.1, 0.15) is 34.3 Å². The predicted molar refractivity (Wildman–Crippen MR) is 113 cm³/mol. The molecule has 6 nitrogen and oxygen atoms in total. The number of carbonyl (C=O) groups excluding carboxylic acids is 1. The third-order valence-electron chi connectivity index (χ3n) is 4.61. The Balaban J connectivity index is 1.75. The van der Waals surface area contributed by atoms with E-state index in [4.69, 9.17) is 4.74 Å². The van der Waals surface area contributed by atoms with E-state index >= 15 is 0 Å². The molecule has 3 rings (SSSR count). The first kappa shape index (κ1) is 20.6. The van der Waals surface area contributed by atoms with E-state index in [0.717, 1.165) is 15.9 Å². The van der Waals surface area contributed by atoms with Gasteiger partial charge < -0.3 is 9.30 Å². The van der Waals surface area contributed by atoms with Crippen molar-refractivity contribution < 1.29 is 17.9 Å². The zero-order valence-corrected chi connectivity index (χ0v) is 17.8. The van der Waals surface area contributed by atoms with Crippen molar-refractivity contribution in [3.63, 3.8) is 0 Å². The molecule has 0 spiro atoms. The number of benzene rings is 1. The lowest BCUT2D eigenvalue weighted by Gasteiger charge is -2.08. The minimum absolute atomic E-state index is 0.0104. The van der Waals surface area contributed by atoms with Crippen molar-refractivity contribution in [3.05, 3.63) is 52.5 Å². The molecule has 1 N–H and O–H groups in total. The first-order valence-electron chi connectivity index (χ1n) is 9.10. The molecule has 0 aliphatic carbocycles. The fourth-order valence-corrected chi connectivity index (χ4v) is 4.86. The van der Waals surface area contributed by atoms with Crippen LogP contribution in [0.2, 0.25) is 0 Å². The number of fused-ring (bicyclic) bond motifs is 1. The molecule has 2 aromatic heterocycles. The largest absolute Gasteiger partial charge is 0.497 e.